The van der Waals surface area contributed by atoms with E-state index in [4.69, 9.17) is 9.84 Å². The van der Waals surface area contributed by atoms with Crippen molar-refractivity contribution in [1.29, 1.82) is 0 Å². The van der Waals surface area contributed by atoms with E-state index in [1.807, 2.05) is 24.3 Å². The second-order valence-corrected chi connectivity index (χ2v) is 6.00. The molecule has 3 rings (SSSR count). The van der Waals surface area contributed by atoms with Gasteiger partial charge in [-0.1, -0.05) is 12.1 Å². The minimum atomic E-state index is -0.00399. The molecule has 0 amide bonds. The Labute approximate surface area is 135 Å². The highest BCUT2D eigenvalue weighted by molar-refractivity contribution is 5.77. The van der Waals surface area contributed by atoms with Crippen LogP contribution in [0, 0.1) is 0 Å². The average Bonchev–Trinajstić information content (AvgIpc) is 2.58. The molecule has 1 aromatic heterocycles. The van der Waals surface area contributed by atoms with E-state index >= 15 is 0 Å². The molecule has 1 unspecified atom stereocenters. The normalized spacial score (nSPS) is 19.3. The number of hydrogen-bond acceptors (Lipinski definition) is 5. The Morgan fingerprint density at radius 1 is 1.39 bits per heavy atom. The SMILES string of the molecule is Cn1c(CN2CCCC(OCCO)C2)nc2ccccc2c1=O. The Morgan fingerprint density at radius 2 is 2.22 bits per heavy atom. The highest BCUT2D eigenvalue weighted by atomic mass is 16.5. The van der Waals surface area contributed by atoms with Crippen molar-refractivity contribution < 1.29 is 9.84 Å². The predicted molar refractivity (Wildman–Crippen MR) is 88.3 cm³/mol. The van der Waals surface area contributed by atoms with Gasteiger partial charge in [-0.15, -0.1) is 0 Å². The van der Waals surface area contributed by atoms with Crippen LogP contribution in [0.25, 0.3) is 10.9 Å². The zero-order chi connectivity index (χ0) is 16.2. The van der Waals surface area contributed by atoms with Gasteiger partial charge in [-0.2, -0.15) is 0 Å². The number of aliphatic hydroxyl groups is 1. The molecule has 1 saturated heterocycles. The summed E-state index contributed by atoms with van der Waals surface area (Å²) >= 11 is 0. The van der Waals surface area contributed by atoms with Gasteiger partial charge in [-0.25, -0.2) is 4.98 Å². The molecule has 1 aliphatic rings. The molecule has 0 saturated carbocycles. The predicted octanol–water partition coefficient (Wildman–Crippen LogP) is 0.907. The quantitative estimate of drug-likeness (QED) is 0.888. The van der Waals surface area contributed by atoms with E-state index in [9.17, 15) is 4.79 Å². The topological polar surface area (TPSA) is 67.6 Å². The number of aromatic nitrogens is 2. The fourth-order valence-electron chi connectivity index (χ4n) is 3.12. The van der Waals surface area contributed by atoms with Crippen molar-refractivity contribution in [2.75, 3.05) is 26.3 Å². The first-order valence-electron chi connectivity index (χ1n) is 8.08. The lowest BCUT2D eigenvalue weighted by Crippen LogP contribution is -2.40. The molecule has 0 bridgehead atoms. The van der Waals surface area contributed by atoms with Crippen molar-refractivity contribution in [3.8, 4) is 0 Å². The van der Waals surface area contributed by atoms with Crippen LogP contribution in [0.5, 0.6) is 0 Å². The van der Waals surface area contributed by atoms with Crippen LogP contribution >= 0.6 is 0 Å². The summed E-state index contributed by atoms with van der Waals surface area (Å²) in [6, 6.07) is 7.45. The molecule has 1 aromatic carbocycles. The second-order valence-electron chi connectivity index (χ2n) is 6.00. The molecule has 1 atom stereocenters. The number of piperidine rings is 1. The fourth-order valence-corrected chi connectivity index (χ4v) is 3.12. The maximum absolute atomic E-state index is 12.4. The minimum Gasteiger partial charge on any atom is -0.394 e. The summed E-state index contributed by atoms with van der Waals surface area (Å²) in [6.45, 7) is 2.85. The van der Waals surface area contributed by atoms with E-state index in [-0.39, 0.29) is 18.3 Å². The molecule has 6 nitrogen and oxygen atoms in total. The van der Waals surface area contributed by atoms with Crippen LogP contribution in [-0.4, -0.2) is 52.0 Å². The number of para-hydroxylation sites is 1. The number of fused-ring (bicyclic) bond motifs is 1. The average molecular weight is 317 g/mol. The third-order valence-electron chi connectivity index (χ3n) is 4.35. The number of likely N-dealkylation sites (tertiary alicyclic amines) is 1. The van der Waals surface area contributed by atoms with Gasteiger partial charge in [0.25, 0.3) is 5.56 Å². The van der Waals surface area contributed by atoms with Crippen LogP contribution in [0.15, 0.2) is 29.1 Å². The summed E-state index contributed by atoms with van der Waals surface area (Å²) in [5.74, 6) is 0.775. The Kier molecular flexibility index (Phi) is 5.05. The molecule has 1 N–H and O–H groups in total. The van der Waals surface area contributed by atoms with Gasteiger partial charge < -0.3 is 9.84 Å². The third-order valence-corrected chi connectivity index (χ3v) is 4.35. The van der Waals surface area contributed by atoms with E-state index in [1.54, 1.807) is 11.6 Å². The number of rotatable bonds is 5. The first-order valence-corrected chi connectivity index (χ1v) is 8.08. The first kappa shape index (κ1) is 16.1. The summed E-state index contributed by atoms with van der Waals surface area (Å²) in [4.78, 5) is 19.4. The van der Waals surface area contributed by atoms with Gasteiger partial charge in [0.15, 0.2) is 0 Å². The summed E-state index contributed by atoms with van der Waals surface area (Å²) in [7, 11) is 1.78. The lowest BCUT2D eigenvalue weighted by molar-refractivity contribution is -0.0170. The fraction of sp³-hybridized carbons (Fsp3) is 0.529. The lowest BCUT2D eigenvalue weighted by atomic mass is 10.1. The molecule has 1 fully saturated rings. The van der Waals surface area contributed by atoms with Crippen LogP contribution < -0.4 is 5.56 Å². The standard InChI is InChI=1S/C17H23N3O3/c1-19-16(18-15-7-3-2-6-14(15)17(19)22)12-20-8-4-5-13(11-20)23-10-9-21/h2-3,6-7,13,21H,4-5,8-12H2,1H3. The monoisotopic (exact) mass is 317 g/mol. The smallest absolute Gasteiger partial charge is 0.261 e. The number of nitrogens with zero attached hydrogens (tertiary/aromatic N) is 3. The van der Waals surface area contributed by atoms with Gasteiger partial charge in [0.05, 0.1) is 36.8 Å². The van der Waals surface area contributed by atoms with Crippen molar-refractivity contribution in [1.82, 2.24) is 14.5 Å². The number of hydrogen-bond donors (Lipinski definition) is 1. The van der Waals surface area contributed by atoms with E-state index in [0.29, 0.717) is 18.5 Å². The molecule has 0 spiro atoms. The molecule has 2 heterocycles. The molecule has 1 aliphatic heterocycles. The Bertz CT molecular complexity index is 729. The van der Waals surface area contributed by atoms with Crippen molar-refractivity contribution in [2.45, 2.75) is 25.5 Å². The van der Waals surface area contributed by atoms with Crippen molar-refractivity contribution >= 4 is 10.9 Å². The van der Waals surface area contributed by atoms with Gasteiger partial charge >= 0.3 is 0 Å². The zero-order valence-corrected chi connectivity index (χ0v) is 13.4. The molecule has 0 aliphatic carbocycles. The highest BCUT2D eigenvalue weighted by Crippen LogP contribution is 2.16. The molecular weight excluding hydrogens is 294 g/mol. The van der Waals surface area contributed by atoms with E-state index in [0.717, 1.165) is 37.3 Å². The van der Waals surface area contributed by atoms with Crippen LogP contribution in [0.3, 0.4) is 0 Å². The number of aliphatic hydroxyl groups excluding tert-OH is 1. The van der Waals surface area contributed by atoms with Crippen LogP contribution in [0.4, 0.5) is 0 Å². The van der Waals surface area contributed by atoms with Crippen molar-refractivity contribution in [3.05, 3.63) is 40.4 Å². The molecule has 2 aromatic rings. The van der Waals surface area contributed by atoms with Crippen molar-refractivity contribution in [2.24, 2.45) is 7.05 Å². The highest BCUT2D eigenvalue weighted by Gasteiger charge is 2.21. The molecule has 124 valence electrons. The Hall–Kier alpha value is -1.76. The first-order chi connectivity index (χ1) is 11.2. The summed E-state index contributed by atoms with van der Waals surface area (Å²) in [6.07, 6.45) is 2.21. The van der Waals surface area contributed by atoms with Gasteiger partial charge in [0.1, 0.15) is 5.82 Å². The summed E-state index contributed by atoms with van der Waals surface area (Å²) in [5.41, 5.74) is 0.742. The van der Waals surface area contributed by atoms with Crippen LogP contribution in [0.2, 0.25) is 0 Å². The summed E-state index contributed by atoms with van der Waals surface area (Å²) < 4.78 is 7.28. The van der Waals surface area contributed by atoms with E-state index in [2.05, 4.69) is 9.88 Å². The van der Waals surface area contributed by atoms with Crippen LogP contribution in [0.1, 0.15) is 18.7 Å². The van der Waals surface area contributed by atoms with Gasteiger partial charge in [0.2, 0.25) is 0 Å². The van der Waals surface area contributed by atoms with Gasteiger partial charge in [-0.3, -0.25) is 14.3 Å². The Morgan fingerprint density at radius 3 is 3.04 bits per heavy atom. The van der Waals surface area contributed by atoms with E-state index in [1.165, 1.54) is 0 Å². The summed E-state index contributed by atoms with van der Waals surface area (Å²) in [5, 5.41) is 9.53. The number of ether oxygens (including phenoxy) is 1. The van der Waals surface area contributed by atoms with E-state index < -0.39 is 0 Å². The molecule has 23 heavy (non-hydrogen) atoms. The third kappa shape index (κ3) is 3.60. The molecule has 0 radical (unpaired) electrons. The molecular formula is C17H23N3O3. The maximum Gasteiger partial charge on any atom is 0.261 e. The van der Waals surface area contributed by atoms with Gasteiger partial charge in [0, 0.05) is 13.6 Å². The second kappa shape index (κ2) is 7.21. The lowest BCUT2D eigenvalue weighted by Gasteiger charge is -2.32. The zero-order valence-electron chi connectivity index (χ0n) is 13.4. The maximum atomic E-state index is 12.4. The number of benzene rings is 1. The molecule has 6 heteroatoms. The van der Waals surface area contributed by atoms with Crippen molar-refractivity contribution in [3.63, 3.8) is 0 Å². The van der Waals surface area contributed by atoms with Gasteiger partial charge in [-0.05, 0) is 31.5 Å². The van der Waals surface area contributed by atoms with Crippen LogP contribution in [-0.2, 0) is 18.3 Å². The largest absolute Gasteiger partial charge is 0.394 e. The Balaban J connectivity index is 1.78. The minimum absolute atomic E-state index is 0.00399.